The quantitative estimate of drug-likeness (QED) is 0.538. The smallest absolute Gasteiger partial charge is 0.264 e. The van der Waals surface area contributed by atoms with E-state index in [1.54, 1.807) is 13.8 Å². The fourth-order valence-electron chi connectivity index (χ4n) is 2.42. The number of rotatable bonds is 6. The Bertz CT molecular complexity index is 1200. The molecule has 1 amide bonds. The van der Waals surface area contributed by atoms with Crippen LogP contribution in [0.15, 0.2) is 58.0 Å². The van der Waals surface area contributed by atoms with Gasteiger partial charge in [0.05, 0.1) is 15.6 Å². The lowest BCUT2D eigenvalue weighted by molar-refractivity contribution is -0.111. The monoisotopic (exact) mass is 449 g/mol. The molecule has 0 radical (unpaired) electrons. The van der Waals surface area contributed by atoms with Crippen LogP contribution in [0.5, 0.6) is 0 Å². The first-order valence-corrected chi connectivity index (χ1v) is 10.5. The minimum absolute atomic E-state index is 0.0253. The SMILES string of the molecule is Cc1noc(NS(=O)(=O)c2ccc(NC(=O)/C=C/c3c(F)cccc3Cl)cc2)c1C. The molecule has 0 spiro atoms. The van der Waals surface area contributed by atoms with Crippen LogP contribution in [0.4, 0.5) is 16.0 Å². The van der Waals surface area contributed by atoms with Gasteiger partial charge in [0.1, 0.15) is 5.82 Å². The Morgan fingerprint density at radius 1 is 1.17 bits per heavy atom. The lowest BCUT2D eigenvalue weighted by Gasteiger charge is -2.07. The molecule has 0 aliphatic heterocycles. The second-order valence-electron chi connectivity index (χ2n) is 6.31. The van der Waals surface area contributed by atoms with Crippen LogP contribution in [0.3, 0.4) is 0 Å². The number of nitrogens with zero attached hydrogens (tertiary/aromatic N) is 1. The Balaban J connectivity index is 1.69. The molecule has 0 aliphatic rings. The van der Waals surface area contributed by atoms with Gasteiger partial charge in [-0.3, -0.25) is 4.79 Å². The number of sulfonamides is 1. The van der Waals surface area contributed by atoms with E-state index in [4.69, 9.17) is 16.1 Å². The molecule has 30 heavy (non-hydrogen) atoms. The van der Waals surface area contributed by atoms with E-state index in [1.165, 1.54) is 48.5 Å². The summed E-state index contributed by atoms with van der Waals surface area (Å²) in [4.78, 5) is 12.0. The second-order valence-corrected chi connectivity index (χ2v) is 8.40. The van der Waals surface area contributed by atoms with Crippen LogP contribution in [-0.2, 0) is 14.8 Å². The van der Waals surface area contributed by atoms with Gasteiger partial charge in [-0.05, 0) is 56.3 Å². The largest absolute Gasteiger partial charge is 0.337 e. The number of anilines is 2. The van der Waals surface area contributed by atoms with Gasteiger partial charge < -0.3 is 9.84 Å². The molecule has 7 nitrogen and oxygen atoms in total. The lowest BCUT2D eigenvalue weighted by atomic mass is 10.2. The van der Waals surface area contributed by atoms with Gasteiger partial charge in [0.25, 0.3) is 10.0 Å². The normalized spacial score (nSPS) is 11.6. The molecule has 1 aromatic heterocycles. The average Bonchev–Trinajstić information content (AvgIpc) is 2.99. The third kappa shape index (κ3) is 4.87. The first kappa shape index (κ1) is 21.5. The molecule has 0 aliphatic carbocycles. The molecule has 0 unspecified atom stereocenters. The highest BCUT2D eigenvalue weighted by atomic mass is 35.5. The molecule has 3 rings (SSSR count). The van der Waals surface area contributed by atoms with Crippen LogP contribution in [0, 0.1) is 19.7 Å². The van der Waals surface area contributed by atoms with Gasteiger partial charge in [0.15, 0.2) is 0 Å². The molecule has 0 atom stereocenters. The first-order chi connectivity index (χ1) is 14.2. The van der Waals surface area contributed by atoms with E-state index in [1.807, 2.05) is 0 Å². The van der Waals surface area contributed by atoms with Crippen molar-refractivity contribution in [3.8, 4) is 0 Å². The maximum absolute atomic E-state index is 13.7. The molecule has 1 heterocycles. The maximum atomic E-state index is 13.7. The molecule has 2 aromatic carbocycles. The van der Waals surface area contributed by atoms with Crippen molar-refractivity contribution in [3.05, 3.63) is 76.2 Å². The summed E-state index contributed by atoms with van der Waals surface area (Å²) in [6, 6.07) is 9.71. The van der Waals surface area contributed by atoms with Crippen molar-refractivity contribution in [2.75, 3.05) is 10.0 Å². The minimum atomic E-state index is -3.89. The van der Waals surface area contributed by atoms with Crippen molar-refractivity contribution in [1.29, 1.82) is 0 Å². The van der Waals surface area contributed by atoms with Crippen molar-refractivity contribution in [3.63, 3.8) is 0 Å². The highest BCUT2D eigenvalue weighted by Gasteiger charge is 2.19. The van der Waals surface area contributed by atoms with E-state index in [0.29, 0.717) is 16.9 Å². The summed E-state index contributed by atoms with van der Waals surface area (Å²) in [6.45, 7) is 3.38. The van der Waals surface area contributed by atoms with E-state index in [0.717, 1.165) is 6.08 Å². The summed E-state index contributed by atoms with van der Waals surface area (Å²) in [5.74, 6) is -1.04. The average molecular weight is 450 g/mol. The van der Waals surface area contributed by atoms with Gasteiger partial charge >= 0.3 is 0 Å². The van der Waals surface area contributed by atoms with Crippen LogP contribution >= 0.6 is 11.6 Å². The van der Waals surface area contributed by atoms with E-state index in [2.05, 4.69) is 15.2 Å². The highest BCUT2D eigenvalue weighted by molar-refractivity contribution is 7.92. The van der Waals surface area contributed by atoms with Gasteiger partial charge in [-0.2, -0.15) is 0 Å². The van der Waals surface area contributed by atoms with Gasteiger partial charge in [-0.1, -0.05) is 22.8 Å². The van der Waals surface area contributed by atoms with Gasteiger partial charge in [-0.15, -0.1) is 0 Å². The predicted molar refractivity (Wildman–Crippen MR) is 112 cm³/mol. The third-order valence-electron chi connectivity index (χ3n) is 4.22. The van der Waals surface area contributed by atoms with Crippen LogP contribution in [-0.4, -0.2) is 19.5 Å². The number of hydrogen-bond acceptors (Lipinski definition) is 5. The number of carbonyl (C=O) groups is 1. The van der Waals surface area contributed by atoms with Crippen molar-refractivity contribution in [2.45, 2.75) is 18.7 Å². The van der Waals surface area contributed by atoms with Crippen LogP contribution < -0.4 is 10.0 Å². The van der Waals surface area contributed by atoms with E-state index in [-0.39, 0.29) is 21.4 Å². The van der Waals surface area contributed by atoms with E-state index >= 15 is 0 Å². The first-order valence-electron chi connectivity index (χ1n) is 8.66. The summed E-state index contributed by atoms with van der Waals surface area (Å²) in [7, 11) is -3.89. The number of nitrogens with one attached hydrogen (secondary N) is 2. The molecular weight excluding hydrogens is 433 g/mol. The number of halogens is 2. The predicted octanol–water partition coefficient (Wildman–Crippen LogP) is 4.54. The van der Waals surface area contributed by atoms with Crippen molar-refractivity contribution < 1.29 is 22.1 Å². The van der Waals surface area contributed by atoms with Crippen molar-refractivity contribution >= 4 is 45.2 Å². The molecule has 0 saturated heterocycles. The Hall–Kier alpha value is -3.17. The molecule has 2 N–H and O–H groups in total. The molecule has 3 aromatic rings. The number of amides is 1. The summed E-state index contributed by atoms with van der Waals surface area (Å²) < 4.78 is 46.0. The van der Waals surface area contributed by atoms with Crippen LogP contribution in [0.25, 0.3) is 6.08 Å². The lowest BCUT2D eigenvalue weighted by Crippen LogP contribution is -2.13. The standard InChI is InChI=1S/C20H17ClFN3O4S/c1-12-13(2)24-29-20(12)25-30(27,28)15-8-6-14(7-9-15)23-19(26)11-10-16-17(21)4-3-5-18(16)22/h3-11,25H,1-2H3,(H,23,26)/b11-10+. The summed E-state index contributed by atoms with van der Waals surface area (Å²) in [6.07, 6.45) is 2.39. The number of hydrogen-bond donors (Lipinski definition) is 2. The molecule has 156 valence electrons. The second kappa shape index (κ2) is 8.68. The fourth-order valence-corrected chi connectivity index (χ4v) is 3.69. The van der Waals surface area contributed by atoms with Gasteiger partial charge in [0, 0.05) is 22.9 Å². The molecule has 10 heteroatoms. The number of benzene rings is 2. The highest BCUT2D eigenvalue weighted by Crippen LogP contribution is 2.23. The van der Waals surface area contributed by atoms with Crippen molar-refractivity contribution in [1.82, 2.24) is 5.16 Å². The summed E-state index contributed by atoms with van der Waals surface area (Å²) in [5.41, 5.74) is 1.62. The minimum Gasteiger partial charge on any atom is -0.337 e. The number of carbonyl (C=O) groups excluding carboxylic acids is 1. The van der Waals surface area contributed by atoms with Crippen LogP contribution in [0.1, 0.15) is 16.8 Å². The Morgan fingerprint density at radius 3 is 2.47 bits per heavy atom. The summed E-state index contributed by atoms with van der Waals surface area (Å²) >= 11 is 5.91. The maximum Gasteiger partial charge on any atom is 0.264 e. The number of aryl methyl sites for hydroxylation is 1. The van der Waals surface area contributed by atoms with Crippen molar-refractivity contribution in [2.24, 2.45) is 0 Å². The Kier molecular flexibility index (Phi) is 6.23. The zero-order chi connectivity index (χ0) is 21.9. The van der Waals surface area contributed by atoms with Gasteiger partial charge in [0.2, 0.25) is 11.8 Å². The molecule has 0 fully saturated rings. The molecule has 0 saturated carbocycles. The van der Waals surface area contributed by atoms with Gasteiger partial charge in [-0.25, -0.2) is 17.5 Å². The van der Waals surface area contributed by atoms with E-state index in [9.17, 15) is 17.6 Å². The summed E-state index contributed by atoms with van der Waals surface area (Å²) in [5, 5.41) is 6.44. The Morgan fingerprint density at radius 2 is 1.87 bits per heavy atom. The van der Waals surface area contributed by atoms with E-state index < -0.39 is 21.7 Å². The fraction of sp³-hybridized carbons (Fsp3) is 0.100. The topological polar surface area (TPSA) is 101 Å². The molecular formula is C20H17ClFN3O4S. The Labute approximate surface area is 177 Å². The zero-order valence-corrected chi connectivity index (χ0v) is 17.5. The molecule has 0 bridgehead atoms. The third-order valence-corrected chi connectivity index (χ3v) is 5.89. The zero-order valence-electron chi connectivity index (χ0n) is 15.9. The number of aromatic nitrogens is 1. The van der Waals surface area contributed by atoms with Crippen LogP contribution in [0.2, 0.25) is 5.02 Å².